The summed E-state index contributed by atoms with van der Waals surface area (Å²) in [5.74, 6) is 0.851. The molecule has 3 nitrogen and oxygen atoms in total. The van der Waals surface area contributed by atoms with Crippen LogP contribution in [0.4, 0.5) is 5.69 Å². The normalized spacial score (nSPS) is 11.2. The summed E-state index contributed by atoms with van der Waals surface area (Å²) in [4.78, 5) is 4.64. The second-order valence-electron chi connectivity index (χ2n) is 6.37. The fourth-order valence-corrected chi connectivity index (χ4v) is 3.16. The van der Waals surface area contributed by atoms with E-state index in [4.69, 9.17) is 4.74 Å². The van der Waals surface area contributed by atoms with E-state index in [1.54, 1.807) is 0 Å². The van der Waals surface area contributed by atoms with Gasteiger partial charge < -0.3 is 9.30 Å². The number of hydrogen-bond donors (Lipinski definition) is 0. The van der Waals surface area contributed by atoms with Gasteiger partial charge in [0, 0.05) is 34.9 Å². The molecule has 0 radical (unpaired) electrons. The topological polar surface area (TPSA) is 26.5 Å². The maximum Gasteiger partial charge on any atom is 0.121 e. The van der Waals surface area contributed by atoms with Crippen LogP contribution < -0.4 is 4.74 Å². The lowest BCUT2D eigenvalue weighted by Gasteiger charge is -2.10. The molecule has 3 rings (SSSR count). The van der Waals surface area contributed by atoms with Crippen LogP contribution in [0.2, 0.25) is 0 Å². The van der Waals surface area contributed by atoms with Crippen LogP contribution in [0.25, 0.3) is 5.69 Å². The maximum atomic E-state index is 5.54. The highest BCUT2D eigenvalue weighted by atomic mass is 16.5. The van der Waals surface area contributed by atoms with Crippen molar-refractivity contribution in [1.29, 1.82) is 0 Å². The van der Waals surface area contributed by atoms with Crippen molar-refractivity contribution in [1.82, 2.24) is 4.57 Å². The highest BCUT2D eigenvalue weighted by Gasteiger charge is 2.09. The molecule has 0 saturated heterocycles. The fourth-order valence-electron chi connectivity index (χ4n) is 3.16. The number of aromatic nitrogens is 1. The molecular weight excluding hydrogens is 320 g/mol. The molecule has 2 aromatic carbocycles. The minimum Gasteiger partial charge on any atom is -0.494 e. The van der Waals surface area contributed by atoms with Crippen LogP contribution in [-0.2, 0) is 6.42 Å². The first-order chi connectivity index (χ1) is 12.6. The molecule has 0 amide bonds. The number of aliphatic imine (C=N–C) groups is 1. The molecule has 0 aliphatic heterocycles. The van der Waals surface area contributed by atoms with E-state index in [0.717, 1.165) is 23.4 Å². The first-order valence-electron chi connectivity index (χ1n) is 9.17. The van der Waals surface area contributed by atoms with Gasteiger partial charge in [-0.25, -0.2) is 0 Å². The Morgan fingerprint density at radius 2 is 1.77 bits per heavy atom. The van der Waals surface area contributed by atoms with E-state index in [-0.39, 0.29) is 0 Å². The molecule has 0 unspecified atom stereocenters. The lowest BCUT2D eigenvalue weighted by Crippen LogP contribution is -1.99. The number of nitrogens with zero attached hydrogens (tertiary/aromatic N) is 2. The third-order valence-corrected chi connectivity index (χ3v) is 4.55. The monoisotopic (exact) mass is 346 g/mol. The van der Waals surface area contributed by atoms with Crippen molar-refractivity contribution in [2.45, 2.75) is 34.1 Å². The van der Waals surface area contributed by atoms with Crippen molar-refractivity contribution < 1.29 is 4.74 Å². The van der Waals surface area contributed by atoms with Crippen LogP contribution in [0.1, 0.15) is 36.4 Å². The Hall–Kier alpha value is -2.81. The number of ether oxygens (including phenoxy) is 1. The average Bonchev–Trinajstić information content (AvgIpc) is 2.94. The zero-order valence-corrected chi connectivity index (χ0v) is 16.0. The molecule has 1 heterocycles. The van der Waals surface area contributed by atoms with Crippen LogP contribution >= 0.6 is 0 Å². The number of rotatable bonds is 6. The molecule has 3 aromatic rings. The summed E-state index contributed by atoms with van der Waals surface area (Å²) in [7, 11) is 0. The molecule has 0 aliphatic rings. The average molecular weight is 346 g/mol. The van der Waals surface area contributed by atoms with E-state index in [0.29, 0.717) is 6.61 Å². The summed E-state index contributed by atoms with van der Waals surface area (Å²) in [5.41, 5.74) is 6.96. The smallest absolute Gasteiger partial charge is 0.121 e. The summed E-state index contributed by atoms with van der Waals surface area (Å²) < 4.78 is 7.82. The minimum atomic E-state index is 0.658. The lowest BCUT2D eigenvalue weighted by atomic mass is 10.1. The Morgan fingerprint density at radius 1 is 1.00 bits per heavy atom. The van der Waals surface area contributed by atoms with Gasteiger partial charge in [0.15, 0.2) is 0 Å². The molecule has 26 heavy (non-hydrogen) atoms. The molecular formula is C23H26N2O. The Bertz CT molecular complexity index is 904. The first-order valence-corrected chi connectivity index (χ1v) is 9.17. The van der Waals surface area contributed by atoms with Gasteiger partial charge in [0.1, 0.15) is 5.75 Å². The molecule has 134 valence electrons. The van der Waals surface area contributed by atoms with Gasteiger partial charge in [0.2, 0.25) is 0 Å². The van der Waals surface area contributed by atoms with Gasteiger partial charge in [0.25, 0.3) is 0 Å². The van der Waals surface area contributed by atoms with E-state index < -0.39 is 0 Å². The fraction of sp³-hybridized carbons (Fsp3) is 0.261. The summed E-state index contributed by atoms with van der Waals surface area (Å²) in [6, 6.07) is 18.8. The number of aryl methyl sites for hydroxylation is 2. The largest absolute Gasteiger partial charge is 0.494 e. The van der Waals surface area contributed by atoms with Crippen LogP contribution in [0.15, 0.2) is 59.6 Å². The van der Waals surface area contributed by atoms with Crippen molar-refractivity contribution >= 4 is 11.9 Å². The molecule has 0 atom stereocenters. The maximum absolute atomic E-state index is 5.54. The van der Waals surface area contributed by atoms with E-state index >= 15 is 0 Å². The van der Waals surface area contributed by atoms with Gasteiger partial charge in [-0.3, -0.25) is 4.99 Å². The van der Waals surface area contributed by atoms with Crippen LogP contribution in [0.3, 0.4) is 0 Å². The van der Waals surface area contributed by atoms with E-state index in [1.165, 1.54) is 22.6 Å². The van der Waals surface area contributed by atoms with Gasteiger partial charge in [-0.1, -0.05) is 25.1 Å². The van der Waals surface area contributed by atoms with Gasteiger partial charge in [-0.05, 0) is 63.1 Å². The van der Waals surface area contributed by atoms with Crippen molar-refractivity contribution in [2.75, 3.05) is 6.61 Å². The highest BCUT2D eigenvalue weighted by Crippen LogP contribution is 2.23. The molecule has 0 N–H and O–H groups in total. The Balaban J connectivity index is 1.88. The predicted octanol–water partition coefficient (Wildman–Crippen LogP) is 5.81. The number of benzene rings is 2. The summed E-state index contributed by atoms with van der Waals surface area (Å²) >= 11 is 0. The van der Waals surface area contributed by atoms with Crippen LogP contribution in [0, 0.1) is 13.8 Å². The Kier molecular flexibility index (Phi) is 5.57. The van der Waals surface area contributed by atoms with Crippen molar-refractivity contribution in [3.63, 3.8) is 0 Å². The first kappa shape index (κ1) is 18.0. The third kappa shape index (κ3) is 3.88. The third-order valence-electron chi connectivity index (χ3n) is 4.55. The van der Waals surface area contributed by atoms with Crippen LogP contribution in [0.5, 0.6) is 5.75 Å². The molecule has 0 aliphatic carbocycles. The Labute approximate surface area is 156 Å². The summed E-state index contributed by atoms with van der Waals surface area (Å²) in [5, 5.41) is 0. The van der Waals surface area contributed by atoms with E-state index in [2.05, 4.69) is 60.7 Å². The van der Waals surface area contributed by atoms with E-state index in [1.807, 2.05) is 37.4 Å². The number of hydrogen-bond acceptors (Lipinski definition) is 2. The molecule has 0 spiro atoms. The van der Waals surface area contributed by atoms with Gasteiger partial charge >= 0.3 is 0 Å². The second-order valence-corrected chi connectivity index (χ2v) is 6.37. The lowest BCUT2D eigenvalue weighted by molar-refractivity contribution is 0.340. The van der Waals surface area contributed by atoms with Crippen molar-refractivity contribution in [2.24, 2.45) is 4.99 Å². The molecule has 0 bridgehead atoms. The molecule has 0 saturated carbocycles. The molecule has 3 heteroatoms. The Morgan fingerprint density at radius 3 is 2.46 bits per heavy atom. The van der Waals surface area contributed by atoms with Crippen LogP contribution in [-0.4, -0.2) is 17.4 Å². The zero-order valence-electron chi connectivity index (χ0n) is 16.0. The van der Waals surface area contributed by atoms with Gasteiger partial charge in [0.05, 0.1) is 12.3 Å². The highest BCUT2D eigenvalue weighted by molar-refractivity contribution is 5.84. The van der Waals surface area contributed by atoms with Gasteiger partial charge in [-0.2, -0.15) is 0 Å². The molecule has 0 fully saturated rings. The quantitative estimate of drug-likeness (QED) is 0.518. The van der Waals surface area contributed by atoms with Gasteiger partial charge in [-0.15, -0.1) is 0 Å². The minimum absolute atomic E-state index is 0.658. The second kappa shape index (κ2) is 8.05. The zero-order chi connectivity index (χ0) is 18.5. The SMILES string of the molecule is CCOc1cccc(N=Cc2cc(C)n(-c3ccc(CC)cc3)c2C)c1. The molecule has 1 aromatic heterocycles. The summed E-state index contributed by atoms with van der Waals surface area (Å²) in [6.07, 6.45) is 2.99. The standard InChI is InChI=1S/C23H26N2O/c1-5-19-10-12-22(13-11-19)25-17(3)14-20(18(25)4)16-24-21-8-7-9-23(15-21)26-6-2/h7-16H,5-6H2,1-4H3. The van der Waals surface area contributed by atoms with E-state index in [9.17, 15) is 0 Å². The van der Waals surface area contributed by atoms with Crippen molar-refractivity contribution in [3.8, 4) is 11.4 Å². The predicted molar refractivity (Wildman–Crippen MR) is 109 cm³/mol. The summed E-state index contributed by atoms with van der Waals surface area (Å²) in [6.45, 7) is 9.09. The van der Waals surface area contributed by atoms with Crippen molar-refractivity contribution in [3.05, 3.63) is 77.1 Å².